The second-order valence-corrected chi connectivity index (χ2v) is 6.05. The zero-order valence-corrected chi connectivity index (χ0v) is 11.4. The third kappa shape index (κ3) is 3.22. The van der Waals surface area contributed by atoms with Crippen molar-refractivity contribution < 1.29 is 5.11 Å². The molecule has 1 aromatic rings. The number of thioether (sulfide) groups is 1. The fourth-order valence-electron chi connectivity index (χ4n) is 2.51. The van der Waals surface area contributed by atoms with Gasteiger partial charge in [0.2, 0.25) is 0 Å². The van der Waals surface area contributed by atoms with Gasteiger partial charge < -0.3 is 9.67 Å². The summed E-state index contributed by atoms with van der Waals surface area (Å²) in [6, 6.07) is 0. The van der Waals surface area contributed by atoms with Gasteiger partial charge in [0.15, 0.2) is 11.0 Å². The first-order valence-corrected chi connectivity index (χ1v) is 7.31. The van der Waals surface area contributed by atoms with E-state index in [0.717, 1.165) is 22.7 Å². The van der Waals surface area contributed by atoms with Gasteiger partial charge in [0, 0.05) is 12.8 Å². The van der Waals surface area contributed by atoms with Crippen LogP contribution in [0.25, 0.3) is 0 Å². The predicted molar refractivity (Wildman–Crippen MR) is 68.8 cm³/mol. The summed E-state index contributed by atoms with van der Waals surface area (Å²) in [5.41, 5.74) is 0. The number of hydrogen-bond donors (Lipinski definition) is 1. The number of aliphatic hydroxyl groups excluding tert-OH is 1. The molecule has 1 N–H and O–H groups in total. The van der Waals surface area contributed by atoms with E-state index in [4.69, 9.17) is 5.11 Å². The normalized spacial score (nSPS) is 25.1. The molecule has 1 aliphatic rings. The maximum Gasteiger partial charge on any atom is 0.191 e. The summed E-state index contributed by atoms with van der Waals surface area (Å²) in [6.07, 6.45) is 5.45. The molecule has 1 heterocycles. The summed E-state index contributed by atoms with van der Waals surface area (Å²) < 4.78 is 1.89. The van der Waals surface area contributed by atoms with Crippen molar-refractivity contribution in [3.05, 3.63) is 5.82 Å². The highest BCUT2D eigenvalue weighted by Crippen LogP contribution is 2.32. The van der Waals surface area contributed by atoms with Crippen molar-refractivity contribution in [3.8, 4) is 0 Å². The molecular weight excluding hydrogens is 234 g/mol. The maximum atomic E-state index is 9.05. The molecule has 5 heteroatoms. The molecule has 0 unspecified atom stereocenters. The summed E-state index contributed by atoms with van der Waals surface area (Å²) >= 11 is 1.77. The van der Waals surface area contributed by atoms with E-state index in [1.807, 2.05) is 11.6 Å². The zero-order valence-electron chi connectivity index (χ0n) is 10.6. The lowest BCUT2D eigenvalue weighted by Gasteiger charge is -2.26. The van der Waals surface area contributed by atoms with E-state index < -0.39 is 0 Å². The lowest BCUT2D eigenvalue weighted by molar-refractivity contribution is 0.266. The molecule has 4 nitrogen and oxygen atoms in total. The van der Waals surface area contributed by atoms with Crippen molar-refractivity contribution in [2.45, 2.75) is 44.4 Å². The van der Waals surface area contributed by atoms with Crippen LogP contribution in [0.4, 0.5) is 0 Å². The topological polar surface area (TPSA) is 50.9 Å². The molecule has 0 amide bonds. The Morgan fingerprint density at radius 3 is 2.88 bits per heavy atom. The Labute approximate surface area is 107 Å². The molecule has 2 atom stereocenters. The average molecular weight is 255 g/mol. The molecule has 0 spiro atoms. The van der Waals surface area contributed by atoms with Crippen LogP contribution in [-0.2, 0) is 13.7 Å². The first-order chi connectivity index (χ1) is 8.20. The molecule has 1 fully saturated rings. The van der Waals surface area contributed by atoms with Crippen LogP contribution in [0, 0.1) is 11.8 Å². The Hall–Kier alpha value is -0.550. The monoisotopic (exact) mass is 255 g/mol. The van der Waals surface area contributed by atoms with E-state index >= 15 is 0 Å². The smallest absolute Gasteiger partial charge is 0.191 e. The van der Waals surface area contributed by atoms with Crippen molar-refractivity contribution in [3.63, 3.8) is 0 Å². The standard InChI is InChI=1S/C12H21N3OS/c1-9-4-3-5-10(6-9)8-17-12-14-13-11(7-16)15(12)2/h9-10,16H,3-8H2,1-2H3/t9-,10-/m1/s1. The van der Waals surface area contributed by atoms with E-state index in [9.17, 15) is 0 Å². The lowest BCUT2D eigenvalue weighted by Crippen LogP contribution is -2.15. The van der Waals surface area contributed by atoms with Crippen LogP contribution in [0.2, 0.25) is 0 Å². The van der Waals surface area contributed by atoms with Gasteiger partial charge in [-0.2, -0.15) is 0 Å². The van der Waals surface area contributed by atoms with Gasteiger partial charge in [0.1, 0.15) is 6.61 Å². The highest BCUT2D eigenvalue weighted by Gasteiger charge is 2.20. The first-order valence-electron chi connectivity index (χ1n) is 6.32. The first kappa shape index (κ1) is 12.9. The largest absolute Gasteiger partial charge is 0.388 e. The minimum absolute atomic E-state index is 0.0372. The van der Waals surface area contributed by atoms with Crippen molar-refractivity contribution in [2.75, 3.05) is 5.75 Å². The van der Waals surface area contributed by atoms with Crippen molar-refractivity contribution in [1.29, 1.82) is 0 Å². The molecule has 0 bridgehead atoms. The van der Waals surface area contributed by atoms with E-state index in [0.29, 0.717) is 5.82 Å². The van der Waals surface area contributed by atoms with Crippen LogP contribution in [0.3, 0.4) is 0 Å². The number of aliphatic hydroxyl groups is 1. The van der Waals surface area contributed by atoms with Gasteiger partial charge in [-0.05, 0) is 24.7 Å². The number of rotatable bonds is 4. The molecule has 2 rings (SSSR count). The molecule has 17 heavy (non-hydrogen) atoms. The maximum absolute atomic E-state index is 9.05. The summed E-state index contributed by atoms with van der Waals surface area (Å²) in [4.78, 5) is 0. The summed E-state index contributed by atoms with van der Waals surface area (Å²) in [7, 11) is 1.91. The van der Waals surface area contributed by atoms with Crippen molar-refractivity contribution >= 4 is 11.8 Å². The minimum atomic E-state index is -0.0372. The quantitative estimate of drug-likeness (QED) is 0.838. The highest BCUT2D eigenvalue weighted by molar-refractivity contribution is 7.99. The van der Waals surface area contributed by atoms with Gasteiger partial charge in [0.25, 0.3) is 0 Å². The molecule has 1 aromatic heterocycles. The van der Waals surface area contributed by atoms with E-state index in [2.05, 4.69) is 17.1 Å². The van der Waals surface area contributed by atoms with E-state index in [1.165, 1.54) is 25.7 Å². The molecule has 1 aliphatic carbocycles. The Morgan fingerprint density at radius 2 is 2.24 bits per heavy atom. The van der Waals surface area contributed by atoms with E-state index in [1.54, 1.807) is 11.8 Å². The fraction of sp³-hybridized carbons (Fsp3) is 0.833. The summed E-state index contributed by atoms with van der Waals surface area (Å²) in [6.45, 7) is 2.31. The van der Waals surface area contributed by atoms with Gasteiger partial charge in [-0.1, -0.05) is 31.5 Å². The van der Waals surface area contributed by atoms with Gasteiger partial charge in [-0.15, -0.1) is 10.2 Å². The Balaban J connectivity index is 1.86. The van der Waals surface area contributed by atoms with Crippen LogP contribution in [0.1, 0.15) is 38.4 Å². The second-order valence-electron chi connectivity index (χ2n) is 5.06. The molecule has 96 valence electrons. The molecule has 0 aliphatic heterocycles. The van der Waals surface area contributed by atoms with Crippen molar-refractivity contribution in [1.82, 2.24) is 14.8 Å². The average Bonchev–Trinajstić information content (AvgIpc) is 2.67. The fourth-order valence-corrected chi connectivity index (χ4v) is 3.60. The third-order valence-electron chi connectivity index (χ3n) is 3.56. The van der Waals surface area contributed by atoms with Crippen LogP contribution in [0.15, 0.2) is 5.16 Å². The van der Waals surface area contributed by atoms with Crippen LogP contribution >= 0.6 is 11.8 Å². The van der Waals surface area contributed by atoms with E-state index in [-0.39, 0.29) is 6.61 Å². The SMILES string of the molecule is C[C@@H]1CCC[C@@H](CSc2nnc(CO)n2C)C1. The molecule has 0 saturated heterocycles. The molecular formula is C12H21N3OS. The van der Waals surface area contributed by atoms with Gasteiger partial charge in [-0.3, -0.25) is 0 Å². The number of nitrogens with zero attached hydrogens (tertiary/aromatic N) is 3. The molecule has 0 radical (unpaired) electrons. The Morgan fingerprint density at radius 1 is 1.41 bits per heavy atom. The van der Waals surface area contributed by atoms with Crippen molar-refractivity contribution in [2.24, 2.45) is 18.9 Å². The second kappa shape index (κ2) is 5.87. The predicted octanol–water partition coefficient (Wildman–Crippen LogP) is 2.23. The number of aromatic nitrogens is 3. The lowest BCUT2D eigenvalue weighted by atomic mass is 9.83. The Bertz CT molecular complexity index is 367. The molecule has 0 aromatic carbocycles. The highest BCUT2D eigenvalue weighted by atomic mass is 32.2. The minimum Gasteiger partial charge on any atom is -0.388 e. The third-order valence-corrected chi connectivity index (χ3v) is 4.81. The summed E-state index contributed by atoms with van der Waals surface area (Å²) in [5, 5.41) is 18.0. The Kier molecular flexibility index (Phi) is 4.45. The van der Waals surface area contributed by atoms with Crippen LogP contribution in [0.5, 0.6) is 0 Å². The van der Waals surface area contributed by atoms with Crippen LogP contribution < -0.4 is 0 Å². The summed E-state index contributed by atoms with van der Waals surface area (Å²) in [5.74, 6) is 3.46. The van der Waals surface area contributed by atoms with Gasteiger partial charge in [-0.25, -0.2) is 0 Å². The van der Waals surface area contributed by atoms with Gasteiger partial charge >= 0.3 is 0 Å². The van der Waals surface area contributed by atoms with Crippen LogP contribution in [-0.4, -0.2) is 25.6 Å². The van der Waals surface area contributed by atoms with Gasteiger partial charge in [0.05, 0.1) is 0 Å². The molecule has 1 saturated carbocycles. The zero-order chi connectivity index (χ0) is 12.3. The number of hydrogen-bond acceptors (Lipinski definition) is 4.